The van der Waals surface area contributed by atoms with Crippen LogP contribution >= 0.6 is 11.6 Å². The Morgan fingerprint density at radius 3 is 2.77 bits per heavy atom. The van der Waals surface area contributed by atoms with Gasteiger partial charge in [-0.2, -0.15) is 0 Å². The highest BCUT2D eigenvalue weighted by molar-refractivity contribution is 6.21. The standard InChI is InChI=1S/C11H12ClF/c1-6-3-4-9(13)10-8(6)5-7(2)11(10)12/h3-4,7,11H,5H2,1-2H3. The molecule has 0 aliphatic heterocycles. The molecule has 0 radical (unpaired) electrons. The van der Waals surface area contributed by atoms with Gasteiger partial charge in [-0.25, -0.2) is 4.39 Å². The SMILES string of the molecule is Cc1ccc(F)c2c1CC(C)C2Cl. The third kappa shape index (κ3) is 1.26. The second kappa shape index (κ2) is 2.98. The molecular formula is C11H12ClF. The van der Waals surface area contributed by atoms with Gasteiger partial charge in [-0.1, -0.05) is 13.0 Å². The molecule has 2 rings (SSSR count). The van der Waals surface area contributed by atoms with Crippen molar-refractivity contribution in [2.45, 2.75) is 25.6 Å². The molecule has 0 amide bonds. The van der Waals surface area contributed by atoms with E-state index < -0.39 is 0 Å². The molecule has 0 fully saturated rings. The molecule has 0 aromatic heterocycles. The zero-order valence-electron chi connectivity index (χ0n) is 7.77. The Bertz CT molecular complexity index is 346. The quantitative estimate of drug-likeness (QED) is 0.559. The Morgan fingerprint density at radius 1 is 1.46 bits per heavy atom. The van der Waals surface area contributed by atoms with Gasteiger partial charge in [-0.3, -0.25) is 0 Å². The number of rotatable bonds is 0. The Labute approximate surface area is 82.7 Å². The van der Waals surface area contributed by atoms with E-state index in [1.54, 1.807) is 0 Å². The van der Waals surface area contributed by atoms with Crippen LogP contribution in [-0.4, -0.2) is 0 Å². The summed E-state index contributed by atoms with van der Waals surface area (Å²) < 4.78 is 13.4. The van der Waals surface area contributed by atoms with Crippen molar-refractivity contribution in [2.24, 2.45) is 5.92 Å². The molecule has 1 aliphatic carbocycles. The molecule has 2 heteroatoms. The summed E-state index contributed by atoms with van der Waals surface area (Å²) in [6, 6.07) is 3.34. The average molecular weight is 199 g/mol. The van der Waals surface area contributed by atoms with Crippen molar-refractivity contribution >= 4 is 11.6 Å². The minimum Gasteiger partial charge on any atom is -0.207 e. The topological polar surface area (TPSA) is 0 Å². The lowest BCUT2D eigenvalue weighted by Gasteiger charge is -2.08. The van der Waals surface area contributed by atoms with Crippen molar-refractivity contribution in [3.8, 4) is 0 Å². The zero-order chi connectivity index (χ0) is 9.59. The Hall–Kier alpha value is -0.560. The summed E-state index contributed by atoms with van der Waals surface area (Å²) in [5, 5.41) is -0.144. The van der Waals surface area contributed by atoms with Crippen LogP contribution in [-0.2, 0) is 6.42 Å². The summed E-state index contributed by atoms with van der Waals surface area (Å²) in [6.45, 7) is 4.08. The van der Waals surface area contributed by atoms with E-state index in [9.17, 15) is 4.39 Å². The van der Waals surface area contributed by atoms with Gasteiger partial charge in [0, 0.05) is 5.56 Å². The van der Waals surface area contributed by atoms with E-state index in [0.29, 0.717) is 5.92 Å². The van der Waals surface area contributed by atoms with Gasteiger partial charge in [0.25, 0.3) is 0 Å². The van der Waals surface area contributed by atoms with Crippen molar-refractivity contribution in [3.63, 3.8) is 0 Å². The van der Waals surface area contributed by atoms with E-state index in [2.05, 4.69) is 6.92 Å². The van der Waals surface area contributed by atoms with Crippen LogP contribution in [0.5, 0.6) is 0 Å². The lowest BCUT2D eigenvalue weighted by atomic mass is 10.0. The largest absolute Gasteiger partial charge is 0.207 e. The number of aryl methyl sites for hydroxylation is 1. The predicted octanol–water partition coefficient (Wildman–Crippen LogP) is 3.61. The van der Waals surface area contributed by atoms with Gasteiger partial charge >= 0.3 is 0 Å². The highest BCUT2D eigenvalue weighted by Crippen LogP contribution is 2.42. The molecule has 0 spiro atoms. The molecule has 0 nitrogen and oxygen atoms in total. The summed E-state index contributed by atoms with van der Waals surface area (Å²) in [7, 11) is 0. The van der Waals surface area contributed by atoms with Crippen LogP contribution in [0, 0.1) is 18.7 Å². The Morgan fingerprint density at radius 2 is 2.15 bits per heavy atom. The van der Waals surface area contributed by atoms with Crippen molar-refractivity contribution in [1.29, 1.82) is 0 Å². The summed E-state index contributed by atoms with van der Waals surface area (Å²) in [5.41, 5.74) is 3.01. The van der Waals surface area contributed by atoms with Gasteiger partial charge in [-0.05, 0) is 36.5 Å². The Balaban J connectivity index is 2.61. The van der Waals surface area contributed by atoms with Crippen LogP contribution in [0.15, 0.2) is 12.1 Å². The minimum atomic E-state index is -0.148. The lowest BCUT2D eigenvalue weighted by molar-refractivity contribution is 0.574. The van der Waals surface area contributed by atoms with E-state index in [1.807, 2.05) is 13.0 Å². The first kappa shape index (κ1) is 9.01. The molecule has 0 N–H and O–H groups in total. The molecule has 0 saturated carbocycles. The van der Waals surface area contributed by atoms with Gasteiger partial charge in [0.05, 0.1) is 5.38 Å². The van der Waals surface area contributed by atoms with Gasteiger partial charge < -0.3 is 0 Å². The maximum Gasteiger partial charge on any atom is 0.128 e. The summed E-state index contributed by atoms with van der Waals surface area (Å²) in [5.74, 6) is 0.206. The molecule has 1 aliphatic rings. The zero-order valence-corrected chi connectivity index (χ0v) is 8.53. The number of fused-ring (bicyclic) bond motifs is 1. The van der Waals surface area contributed by atoms with E-state index >= 15 is 0 Å². The van der Waals surface area contributed by atoms with E-state index in [-0.39, 0.29) is 11.2 Å². The minimum absolute atomic E-state index is 0.144. The van der Waals surface area contributed by atoms with Crippen molar-refractivity contribution in [1.82, 2.24) is 0 Å². The smallest absolute Gasteiger partial charge is 0.128 e. The van der Waals surface area contributed by atoms with Crippen LogP contribution in [0.1, 0.15) is 29.0 Å². The molecule has 2 atom stereocenters. The van der Waals surface area contributed by atoms with Crippen LogP contribution in [0.2, 0.25) is 0 Å². The maximum atomic E-state index is 13.4. The first-order chi connectivity index (χ1) is 6.11. The van der Waals surface area contributed by atoms with Gasteiger partial charge in [0.15, 0.2) is 0 Å². The van der Waals surface area contributed by atoms with E-state index in [4.69, 9.17) is 11.6 Å². The summed E-state index contributed by atoms with van der Waals surface area (Å²) in [4.78, 5) is 0. The fourth-order valence-corrected chi connectivity index (χ4v) is 2.35. The van der Waals surface area contributed by atoms with Crippen molar-refractivity contribution < 1.29 is 4.39 Å². The van der Waals surface area contributed by atoms with Crippen molar-refractivity contribution in [2.75, 3.05) is 0 Å². The van der Waals surface area contributed by atoms with E-state index in [0.717, 1.165) is 23.1 Å². The van der Waals surface area contributed by atoms with Gasteiger partial charge in [0.1, 0.15) is 5.82 Å². The van der Waals surface area contributed by atoms with Gasteiger partial charge in [-0.15, -0.1) is 11.6 Å². The fraction of sp³-hybridized carbons (Fsp3) is 0.455. The molecular weight excluding hydrogens is 187 g/mol. The molecule has 0 saturated heterocycles. The fourth-order valence-electron chi connectivity index (χ4n) is 2.02. The molecule has 1 aromatic carbocycles. The van der Waals surface area contributed by atoms with Gasteiger partial charge in [0.2, 0.25) is 0 Å². The number of benzene rings is 1. The third-order valence-corrected chi connectivity index (χ3v) is 3.49. The Kier molecular flexibility index (Phi) is 2.07. The third-order valence-electron chi connectivity index (χ3n) is 2.84. The second-order valence-corrected chi connectivity index (χ2v) is 4.31. The monoisotopic (exact) mass is 198 g/mol. The van der Waals surface area contributed by atoms with Crippen LogP contribution < -0.4 is 0 Å². The molecule has 2 unspecified atom stereocenters. The lowest BCUT2D eigenvalue weighted by Crippen LogP contribution is -1.96. The number of alkyl halides is 1. The summed E-state index contributed by atoms with van der Waals surface area (Å²) >= 11 is 6.13. The second-order valence-electron chi connectivity index (χ2n) is 3.84. The highest BCUT2D eigenvalue weighted by atomic mass is 35.5. The molecule has 70 valence electrons. The number of halogens is 2. The predicted molar refractivity (Wildman–Crippen MR) is 52.6 cm³/mol. The molecule has 0 heterocycles. The normalized spacial score (nSPS) is 26.2. The van der Waals surface area contributed by atoms with Crippen LogP contribution in [0.3, 0.4) is 0 Å². The molecule has 1 aromatic rings. The highest BCUT2D eigenvalue weighted by Gasteiger charge is 2.31. The summed E-state index contributed by atoms with van der Waals surface area (Å²) in [6.07, 6.45) is 0.910. The van der Waals surface area contributed by atoms with Crippen LogP contribution in [0.25, 0.3) is 0 Å². The first-order valence-electron chi connectivity index (χ1n) is 4.53. The molecule has 13 heavy (non-hydrogen) atoms. The average Bonchev–Trinajstić information content (AvgIpc) is 2.38. The van der Waals surface area contributed by atoms with E-state index in [1.165, 1.54) is 6.07 Å². The maximum absolute atomic E-state index is 13.4. The van der Waals surface area contributed by atoms with Crippen LogP contribution in [0.4, 0.5) is 4.39 Å². The first-order valence-corrected chi connectivity index (χ1v) is 4.97. The molecule has 0 bridgehead atoms. The van der Waals surface area contributed by atoms with Crippen molar-refractivity contribution in [3.05, 3.63) is 34.6 Å². The number of hydrogen-bond acceptors (Lipinski definition) is 0. The number of hydrogen-bond donors (Lipinski definition) is 0.